The first kappa shape index (κ1) is 14.2. The molecule has 0 aliphatic rings. The van der Waals surface area contributed by atoms with Gasteiger partial charge in [0, 0.05) is 18.0 Å². The second-order valence-electron chi connectivity index (χ2n) is 4.08. The van der Waals surface area contributed by atoms with Crippen LogP contribution >= 0.6 is 12.6 Å². The van der Waals surface area contributed by atoms with Crippen molar-refractivity contribution in [3.8, 4) is 5.75 Å². The lowest BCUT2D eigenvalue weighted by atomic mass is 10.2. The fourth-order valence-corrected chi connectivity index (χ4v) is 1.70. The second-order valence-corrected chi connectivity index (χ2v) is 4.53. The van der Waals surface area contributed by atoms with Crippen molar-refractivity contribution in [1.82, 2.24) is 0 Å². The minimum absolute atomic E-state index is 0.823. The molecule has 1 rings (SSSR count). The summed E-state index contributed by atoms with van der Waals surface area (Å²) in [5.41, 5.74) is 1.12. The largest absolute Gasteiger partial charge is 0.494 e. The number of unbranched alkanes of at least 4 members (excludes halogenated alkanes) is 3. The zero-order chi connectivity index (χ0) is 12.3. The van der Waals surface area contributed by atoms with Crippen LogP contribution in [-0.2, 0) is 0 Å². The van der Waals surface area contributed by atoms with Gasteiger partial charge >= 0.3 is 0 Å². The number of hydrogen-bond acceptors (Lipinski definition) is 3. The van der Waals surface area contributed by atoms with E-state index in [1.807, 2.05) is 24.3 Å². The van der Waals surface area contributed by atoms with Gasteiger partial charge in [0.1, 0.15) is 5.75 Å². The summed E-state index contributed by atoms with van der Waals surface area (Å²) in [4.78, 5) is 0. The molecule has 0 amide bonds. The van der Waals surface area contributed by atoms with Gasteiger partial charge in [-0.1, -0.05) is 26.2 Å². The molecule has 3 heteroatoms. The van der Waals surface area contributed by atoms with Crippen molar-refractivity contribution >= 4 is 18.3 Å². The minimum atomic E-state index is 0.823. The van der Waals surface area contributed by atoms with Crippen molar-refractivity contribution in [2.45, 2.75) is 32.6 Å². The lowest BCUT2D eigenvalue weighted by Crippen LogP contribution is -2.02. The van der Waals surface area contributed by atoms with E-state index < -0.39 is 0 Å². The SMILES string of the molecule is CCCCCCOc1ccc(NCCS)cc1. The van der Waals surface area contributed by atoms with Crippen LogP contribution in [0, 0.1) is 0 Å². The molecule has 96 valence electrons. The quantitative estimate of drug-likeness (QED) is 0.513. The van der Waals surface area contributed by atoms with Gasteiger partial charge in [-0.05, 0) is 30.7 Å². The molecule has 0 fully saturated rings. The lowest BCUT2D eigenvalue weighted by molar-refractivity contribution is 0.305. The van der Waals surface area contributed by atoms with Gasteiger partial charge in [-0.25, -0.2) is 0 Å². The van der Waals surface area contributed by atoms with Crippen molar-refractivity contribution < 1.29 is 4.74 Å². The molecule has 0 unspecified atom stereocenters. The number of thiol groups is 1. The third-order valence-corrected chi connectivity index (χ3v) is 2.79. The van der Waals surface area contributed by atoms with Crippen LogP contribution in [0.15, 0.2) is 24.3 Å². The summed E-state index contributed by atoms with van der Waals surface area (Å²) >= 11 is 4.16. The molecule has 1 aromatic carbocycles. The van der Waals surface area contributed by atoms with E-state index in [4.69, 9.17) is 4.74 Å². The number of nitrogens with one attached hydrogen (secondary N) is 1. The first-order chi connectivity index (χ1) is 8.36. The maximum Gasteiger partial charge on any atom is 0.119 e. The van der Waals surface area contributed by atoms with Crippen LogP contribution in [-0.4, -0.2) is 18.9 Å². The monoisotopic (exact) mass is 253 g/mol. The zero-order valence-corrected chi connectivity index (χ0v) is 11.5. The fourth-order valence-electron chi connectivity index (χ4n) is 1.59. The van der Waals surface area contributed by atoms with E-state index in [0.29, 0.717) is 0 Å². The standard InChI is InChI=1S/C14H23NOS/c1-2-3-4-5-11-16-14-8-6-13(7-9-14)15-10-12-17/h6-9,15,17H,2-5,10-12H2,1H3. The van der Waals surface area contributed by atoms with Crippen LogP contribution in [0.25, 0.3) is 0 Å². The van der Waals surface area contributed by atoms with Gasteiger partial charge in [-0.3, -0.25) is 0 Å². The van der Waals surface area contributed by atoms with Crippen LogP contribution in [0.2, 0.25) is 0 Å². The molecule has 17 heavy (non-hydrogen) atoms. The molecule has 0 spiro atoms. The van der Waals surface area contributed by atoms with Gasteiger partial charge in [-0.15, -0.1) is 0 Å². The van der Waals surface area contributed by atoms with Gasteiger partial charge in [0.25, 0.3) is 0 Å². The Balaban J connectivity index is 2.20. The Morgan fingerprint density at radius 2 is 1.88 bits per heavy atom. The predicted octanol–water partition coefficient (Wildman–Crippen LogP) is 3.99. The van der Waals surface area contributed by atoms with Crippen molar-refractivity contribution in [3.05, 3.63) is 24.3 Å². The number of anilines is 1. The van der Waals surface area contributed by atoms with Crippen LogP contribution in [0.5, 0.6) is 5.75 Å². The van der Waals surface area contributed by atoms with Gasteiger partial charge in [-0.2, -0.15) is 12.6 Å². The highest BCUT2D eigenvalue weighted by Crippen LogP contribution is 2.16. The van der Waals surface area contributed by atoms with Gasteiger partial charge < -0.3 is 10.1 Å². The van der Waals surface area contributed by atoms with Crippen LogP contribution in [0.4, 0.5) is 5.69 Å². The van der Waals surface area contributed by atoms with Crippen molar-refractivity contribution in [2.75, 3.05) is 24.2 Å². The molecule has 1 aromatic rings. The van der Waals surface area contributed by atoms with E-state index in [0.717, 1.165) is 36.8 Å². The Kier molecular flexibility index (Phi) is 7.72. The first-order valence-corrected chi connectivity index (χ1v) is 7.07. The third kappa shape index (κ3) is 6.47. The maximum absolute atomic E-state index is 5.67. The van der Waals surface area contributed by atoms with E-state index in [9.17, 15) is 0 Å². The number of benzene rings is 1. The fraction of sp³-hybridized carbons (Fsp3) is 0.571. The number of rotatable bonds is 9. The average Bonchev–Trinajstić information content (AvgIpc) is 2.37. The highest BCUT2D eigenvalue weighted by Gasteiger charge is 1.95. The summed E-state index contributed by atoms with van der Waals surface area (Å²) in [6.45, 7) is 3.93. The molecule has 1 N–H and O–H groups in total. The van der Waals surface area contributed by atoms with Crippen molar-refractivity contribution in [2.24, 2.45) is 0 Å². The molecule has 0 aliphatic carbocycles. The number of ether oxygens (including phenoxy) is 1. The second kappa shape index (κ2) is 9.23. The molecule has 0 atom stereocenters. The molecule has 0 heterocycles. The van der Waals surface area contributed by atoms with E-state index in [1.165, 1.54) is 19.3 Å². The van der Waals surface area contributed by atoms with Crippen molar-refractivity contribution in [3.63, 3.8) is 0 Å². The Bertz CT molecular complexity index is 287. The number of hydrogen-bond donors (Lipinski definition) is 2. The summed E-state index contributed by atoms with van der Waals surface area (Å²) in [6, 6.07) is 8.12. The Morgan fingerprint density at radius 3 is 2.53 bits per heavy atom. The molecule has 2 nitrogen and oxygen atoms in total. The normalized spacial score (nSPS) is 10.2. The summed E-state index contributed by atoms with van der Waals surface area (Å²) in [6.07, 6.45) is 4.98. The molecular formula is C14H23NOS. The van der Waals surface area contributed by atoms with Crippen molar-refractivity contribution in [1.29, 1.82) is 0 Å². The Labute approximate surface area is 110 Å². The lowest BCUT2D eigenvalue weighted by Gasteiger charge is -2.08. The molecule has 0 aromatic heterocycles. The van der Waals surface area contributed by atoms with Crippen LogP contribution in [0.1, 0.15) is 32.6 Å². The molecule has 0 aliphatic heterocycles. The zero-order valence-electron chi connectivity index (χ0n) is 10.6. The topological polar surface area (TPSA) is 21.3 Å². The van der Waals surface area contributed by atoms with E-state index >= 15 is 0 Å². The van der Waals surface area contributed by atoms with E-state index in [2.05, 4.69) is 24.9 Å². The summed E-state index contributed by atoms with van der Waals surface area (Å²) < 4.78 is 5.67. The van der Waals surface area contributed by atoms with Gasteiger partial charge in [0.15, 0.2) is 0 Å². The molecule has 0 radical (unpaired) electrons. The van der Waals surface area contributed by atoms with E-state index in [1.54, 1.807) is 0 Å². The van der Waals surface area contributed by atoms with E-state index in [-0.39, 0.29) is 0 Å². The Morgan fingerprint density at radius 1 is 1.12 bits per heavy atom. The molecule has 0 bridgehead atoms. The highest BCUT2D eigenvalue weighted by molar-refractivity contribution is 7.80. The highest BCUT2D eigenvalue weighted by atomic mass is 32.1. The average molecular weight is 253 g/mol. The Hall–Kier alpha value is -0.830. The van der Waals surface area contributed by atoms with Gasteiger partial charge in [0.05, 0.1) is 6.61 Å². The maximum atomic E-state index is 5.67. The molecular weight excluding hydrogens is 230 g/mol. The van der Waals surface area contributed by atoms with Gasteiger partial charge in [0.2, 0.25) is 0 Å². The summed E-state index contributed by atoms with van der Waals surface area (Å²) in [5, 5.41) is 3.27. The summed E-state index contributed by atoms with van der Waals surface area (Å²) in [5.74, 6) is 1.80. The predicted molar refractivity (Wildman–Crippen MR) is 78.4 cm³/mol. The molecule has 0 saturated carbocycles. The third-order valence-electron chi connectivity index (χ3n) is 2.56. The molecule has 0 saturated heterocycles. The first-order valence-electron chi connectivity index (χ1n) is 6.44. The summed E-state index contributed by atoms with van der Waals surface area (Å²) in [7, 11) is 0. The van der Waals surface area contributed by atoms with Crippen LogP contribution < -0.4 is 10.1 Å². The van der Waals surface area contributed by atoms with Crippen LogP contribution in [0.3, 0.4) is 0 Å². The smallest absolute Gasteiger partial charge is 0.119 e. The minimum Gasteiger partial charge on any atom is -0.494 e.